The van der Waals surface area contributed by atoms with Gasteiger partial charge in [0.25, 0.3) is 0 Å². The summed E-state index contributed by atoms with van der Waals surface area (Å²) in [5.41, 5.74) is 1.06. The highest BCUT2D eigenvalue weighted by atomic mass is 16.5. The molecule has 0 radical (unpaired) electrons. The van der Waals surface area contributed by atoms with Crippen molar-refractivity contribution in [3.63, 3.8) is 0 Å². The molecule has 1 aliphatic heterocycles. The molecule has 21 heavy (non-hydrogen) atoms. The summed E-state index contributed by atoms with van der Waals surface area (Å²) in [6.45, 7) is 2.73. The molecule has 0 unspecified atom stereocenters. The molecule has 2 aromatic heterocycles. The average molecular weight is 289 g/mol. The number of hydrogen-bond acceptors (Lipinski definition) is 4. The molecule has 0 N–H and O–H groups in total. The Labute approximate surface area is 123 Å². The molecule has 112 valence electrons. The van der Waals surface area contributed by atoms with Gasteiger partial charge in [-0.05, 0) is 12.1 Å². The van der Waals surface area contributed by atoms with Crippen LogP contribution in [0.5, 0.6) is 0 Å². The summed E-state index contributed by atoms with van der Waals surface area (Å²) in [6.07, 6.45) is 5.52. The van der Waals surface area contributed by atoms with Crippen LogP contribution in [0.2, 0.25) is 0 Å². The summed E-state index contributed by atoms with van der Waals surface area (Å²) in [7, 11) is 1.69. The van der Waals surface area contributed by atoms with E-state index in [9.17, 15) is 4.79 Å². The third-order valence-corrected chi connectivity index (χ3v) is 3.75. The maximum absolute atomic E-state index is 12.5. The first kappa shape index (κ1) is 13.9. The fourth-order valence-electron chi connectivity index (χ4n) is 2.76. The third kappa shape index (κ3) is 3.16. The van der Waals surface area contributed by atoms with Crippen LogP contribution >= 0.6 is 0 Å². The van der Waals surface area contributed by atoms with E-state index in [0.29, 0.717) is 31.9 Å². The summed E-state index contributed by atoms with van der Waals surface area (Å²) in [5, 5.41) is 0. The number of aromatic nitrogens is 2. The van der Waals surface area contributed by atoms with Crippen molar-refractivity contribution in [1.29, 1.82) is 0 Å². The molecule has 1 aliphatic rings. The van der Waals surface area contributed by atoms with Crippen LogP contribution in [0.4, 0.5) is 0 Å². The van der Waals surface area contributed by atoms with E-state index in [1.165, 1.54) is 0 Å². The van der Waals surface area contributed by atoms with Gasteiger partial charge in [0.2, 0.25) is 5.91 Å². The minimum absolute atomic E-state index is 0.0701. The second-order valence-corrected chi connectivity index (χ2v) is 5.39. The van der Waals surface area contributed by atoms with Crippen molar-refractivity contribution in [2.24, 2.45) is 5.92 Å². The highest BCUT2D eigenvalue weighted by molar-refractivity contribution is 5.78. The van der Waals surface area contributed by atoms with E-state index < -0.39 is 0 Å². The quantitative estimate of drug-likeness (QED) is 0.852. The average Bonchev–Trinajstić information content (AvgIpc) is 3.08. The summed E-state index contributed by atoms with van der Waals surface area (Å²) in [5.74, 6) is 1.03. The van der Waals surface area contributed by atoms with Gasteiger partial charge in [-0.1, -0.05) is 0 Å². The van der Waals surface area contributed by atoms with Crippen molar-refractivity contribution >= 4 is 5.91 Å². The Bertz CT molecular complexity index is 591. The monoisotopic (exact) mass is 289 g/mol. The lowest BCUT2D eigenvalue weighted by molar-refractivity contribution is -0.132. The molecular formula is C15H19N3O3. The van der Waals surface area contributed by atoms with E-state index in [-0.39, 0.29) is 11.8 Å². The van der Waals surface area contributed by atoms with Crippen LogP contribution in [-0.4, -0.2) is 40.6 Å². The van der Waals surface area contributed by atoms with Crippen molar-refractivity contribution in [2.75, 3.05) is 20.3 Å². The number of methoxy groups -OCH3 is 1. The number of amides is 1. The van der Waals surface area contributed by atoms with Gasteiger partial charge in [-0.2, -0.15) is 0 Å². The second kappa shape index (κ2) is 6.13. The SMILES string of the molecule is COC[C@H]1CN(C(=O)Cc2ccco2)Cc2cncn2C1. The van der Waals surface area contributed by atoms with E-state index in [0.717, 1.165) is 12.2 Å². The van der Waals surface area contributed by atoms with Gasteiger partial charge < -0.3 is 18.6 Å². The zero-order valence-electron chi connectivity index (χ0n) is 12.1. The Morgan fingerprint density at radius 2 is 2.43 bits per heavy atom. The number of imidazole rings is 1. The van der Waals surface area contributed by atoms with Gasteiger partial charge in [-0.3, -0.25) is 4.79 Å². The van der Waals surface area contributed by atoms with Crippen molar-refractivity contribution in [2.45, 2.75) is 19.5 Å². The van der Waals surface area contributed by atoms with Gasteiger partial charge >= 0.3 is 0 Å². The predicted octanol–water partition coefficient (Wildman–Crippen LogP) is 1.32. The van der Waals surface area contributed by atoms with E-state index in [4.69, 9.17) is 9.15 Å². The van der Waals surface area contributed by atoms with Gasteiger partial charge in [-0.15, -0.1) is 0 Å². The molecule has 0 saturated heterocycles. The lowest BCUT2D eigenvalue weighted by Gasteiger charge is -2.23. The van der Waals surface area contributed by atoms with E-state index in [1.54, 1.807) is 19.4 Å². The summed E-state index contributed by atoms with van der Waals surface area (Å²) in [4.78, 5) is 18.5. The number of nitrogens with zero attached hydrogens (tertiary/aromatic N) is 3. The second-order valence-electron chi connectivity index (χ2n) is 5.39. The molecule has 3 heterocycles. The standard InChI is InChI=1S/C15H19N3O3/c1-20-10-12-7-17(9-13-6-16-11-18(13)8-12)15(19)5-14-3-2-4-21-14/h2-4,6,11-12H,5,7-10H2,1H3/t12-/m0/s1. The van der Waals surface area contributed by atoms with Crippen molar-refractivity contribution in [3.8, 4) is 0 Å². The Hall–Kier alpha value is -2.08. The number of carbonyl (C=O) groups excluding carboxylic acids is 1. The van der Waals surface area contributed by atoms with Crippen LogP contribution in [-0.2, 0) is 29.0 Å². The molecule has 1 atom stereocenters. The first-order chi connectivity index (χ1) is 10.3. The summed E-state index contributed by atoms with van der Waals surface area (Å²) in [6, 6.07) is 3.63. The molecule has 6 heteroatoms. The highest BCUT2D eigenvalue weighted by Crippen LogP contribution is 2.17. The van der Waals surface area contributed by atoms with Crippen LogP contribution in [0.3, 0.4) is 0 Å². The van der Waals surface area contributed by atoms with E-state index in [2.05, 4.69) is 9.55 Å². The van der Waals surface area contributed by atoms with Crippen LogP contribution in [0, 0.1) is 5.92 Å². The Morgan fingerprint density at radius 1 is 1.52 bits per heavy atom. The largest absolute Gasteiger partial charge is 0.469 e. The van der Waals surface area contributed by atoms with Crippen LogP contribution in [0.15, 0.2) is 35.3 Å². The summed E-state index contributed by atoms with van der Waals surface area (Å²) < 4.78 is 12.6. The molecule has 0 aromatic carbocycles. The van der Waals surface area contributed by atoms with E-state index >= 15 is 0 Å². The van der Waals surface area contributed by atoms with Crippen LogP contribution in [0.25, 0.3) is 0 Å². The highest BCUT2D eigenvalue weighted by Gasteiger charge is 2.25. The number of furan rings is 1. The molecular weight excluding hydrogens is 270 g/mol. The molecule has 0 aliphatic carbocycles. The van der Waals surface area contributed by atoms with Gasteiger partial charge in [-0.25, -0.2) is 4.98 Å². The third-order valence-electron chi connectivity index (χ3n) is 3.75. The van der Waals surface area contributed by atoms with Gasteiger partial charge in [0, 0.05) is 32.3 Å². The smallest absolute Gasteiger partial charge is 0.230 e. The topological polar surface area (TPSA) is 60.5 Å². The van der Waals surface area contributed by atoms with Gasteiger partial charge in [0.05, 0.1) is 37.9 Å². The Balaban J connectivity index is 1.75. The zero-order valence-corrected chi connectivity index (χ0v) is 12.1. The minimum atomic E-state index is 0.0701. The van der Waals surface area contributed by atoms with Crippen LogP contribution in [0.1, 0.15) is 11.5 Å². The summed E-state index contributed by atoms with van der Waals surface area (Å²) >= 11 is 0. The molecule has 6 nitrogen and oxygen atoms in total. The van der Waals surface area contributed by atoms with E-state index in [1.807, 2.05) is 23.5 Å². The van der Waals surface area contributed by atoms with Crippen molar-refractivity contribution in [3.05, 3.63) is 42.4 Å². The number of fused-ring (bicyclic) bond motifs is 1. The van der Waals surface area contributed by atoms with Crippen molar-refractivity contribution < 1.29 is 13.9 Å². The Kier molecular flexibility index (Phi) is 4.06. The molecule has 3 rings (SSSR count). The number of rotatable bonds is 4. The molecule has 0 bridgehead atoms. The molecule has 0 fully saturated rings. The van der Waals surface area contributed by atoms with Crippen molar-refractivity contribution in [1.82, 2.24) is 14.5 Å². The number of ether oxygens (including phenoxy) is 1. The maximum atomic E-state index is 12.5. The molecule has 1 amide bonds. The number of carbonyl (C=O) groups is 1. The zero-order chi connectivity index (χ0) is 14.7. The Morgan fingerprint density at radius 3 is 3.19 bits per heavy atom. The first-order valence-electron chi connectivity index (χ1n) is 7.04. The molecule has 0 saturated carbocycles. The maximum Gasteiger partial charge on any atom is 0.230 e. The normalized spacial score (nSPS) is 18.3. The van der Waals surface area contributed by atoms with Crippen LogP contribution < -0.4 is 0 Å². The molecule has 2 aromatic rings. The molecule has 0 spiro atoms. The fourth-order valence-corrected chi connectivity index (χ4v) is 2.76. The van der Waals surface area contributed by atoms with Gasteiger partial charge in [0.1, 0.15) is 5.76 Å². The van der Waals surface area contributed by atoms with Gasteiger partial charge in [0.15, 0.2) is 0 Å². The lowest BCUT2D eigenvalue weighted by atomic mass is 10.1. The fraction of sp³-hybridized carbons (Fsp3) is 0.467. The first-order valence-corrected chi connectivity index (χ1v) is 7.04. The minimum Gasteiger partial charge on any atom is -0.469 e. The predicted molar refractivity (Wildman–Crippen MR) is 75.4 cm³/mol. The number of hydrogen-bond donors (Lipinski definition) is 0. The lowest BCUT2D eigenvalue weighted by Crippen LogP contribution is -2.36.